The molecule has 4 bridgehead atoms. The van der Waals surface area contributed by atoms with E-state index in [9.17, 15) is 4.79 Å². The summed E-state index contributed by atoms with van der Waals surface area (Å²) in [5, 5.41) is 16.4. The van der Waals surface area contributed by atoms with Gasteiger partial charge in [-0.1, -0.05) is 11.8 Å². The van der Waals surface area contributed by atoms with E-state index in [1.807, 2.05) is 19.9 Å². The predicted molar refractivity (Wildman–Crippen MR) is 111 cm³/mol. The van der Waals surface area contributed by atoms with E-state index in [2.05, 4.69) is 20.6 Å². The molecule has 0 saturated heterocycles. The number of thioether (sulfide) groups is 1. The van der Waals surface area contributed by atoms with Gasteiger partial charge in [0.25, 0.3) is 5.95 Å². The van der Waals surface area contributed by atoms with Gasteiger partial charge in [0.1, 0.15) is 0 Å². The molecule has 0 aromatic carbocycles. The molecule has 0 aliphatic heterocycles. The summed E-state index contributed by atoms with van der Waals surface area (Å²) >= 11 is 1.31. The van der Waals surface area contributed by atoms with E-state index < -0.39 is 0 Å². The number of hydrogen-bond donors (Lipinski definition) is 2. The highest BCUT2D eigenvalue weighted by atomic mass is 32.2. The second kappa shape index (κ2) is 7.04. The lowest BCUT2D eigenvalue weighted by atomic mass is 9.49. The normalized spacial score (nSPS) is 30.1. The van der Waals surface area contributed by atoms with Crippen LogP contribution in [0, 0.1) is 37.0 Å². The Hall–Kier alpha value is -2.03. The average Bonchev–Trinajstić information content (AvgIpc) is 3.18. The molecule has 0 radical (unpaired) electrons. The van der Waals surface area contributed by atoms with Crippen molar-refractivity contribution in [1.29, 1.82) is 0 Å². The lowest BCUT2D eigenvalue weighted by Gasteiger charge is -2.56. The average molecular weight is 416 g/mol. The molecule has 29 heavy (non-hydrogen) atoms. The van der Waals surface area contributed by atoms with Crippen LogP contribution in [0.2, 0.25) is 0 Å². The van der Waals surface area contributed by atoms with Crippen LogP contribution in [0.4, 0.5) is 0 Å². The molecule has 0 spiro atoms. The second-order valence-corrected chi connectivity index (χ2v) is 10.4. The van der Waals surface area contributed by atoms with E-state index in [1.165, 1.54) is 55.0 Å². The van der Waals surface area contributed by atoms with Gasteiger partial charge in [-0.15, -0.1) is 10.2 Å². The number of nitrogens with zero attached hydrogens (tertiary/aromatic N) is 5. The fourth-order valence-electron chi connectivity index (χ4n) is 6.32. The summed E-state index contributed by atoms with van der Waals surface area (Å²) < 4.78 is 3.07. The fraction of sp³-hybridized carbons (Fsp3) is 0.700. The van der Waals surface area contributed by atoms with Gasteiger partial charge in [0.15, 0.2) is 0 Å². The van der Waals surface area contributed by atoms with Gasteiger partial charge in [-0.2, -0.15) is 5.10 Å². The number of carbonyl (C=O) groups is 1. The standard InChI is InChI=1S/C20H29N7OS/c1-12-3-13(2)27(25-12)18-23-24-19(26(18)21)29-10-17(28)22-11-20-7-14-4-15(8-20)6-16(5-14)9-20/h3,14-16H,4-11,21H2,1-2H3,(H,22,28). The molecule has 4 saturated carbocycles. The Kier molecular flexibility index (Phi) is 4.60. The summed E-state index contributed by atoms with van der Waals surface area (Å²) in [7, 11) is 0. The first-order valence-corrected chi connectivity index (χ1v) is 11.5. The van der Waals surface area contributed by atoms with Gasteiger partial charge in [-0.3, -0.25) is 4.79 Å². The maximum atomic E-state index is 12.5. The third-order valence-corrected chi connectivity index (χ3v) is 7.95. The summed E-state index contributed by atoms with van der Waals surface area (Å²) in [4.78, 5) is 12.5. The van der Waals surface area contributed by atoms with Crippen LogP contribution in [-0.2, 0) is 4.79 Å². The maximum absolute atomic E-state index is 12.5. The van der Waals surface area contributed by atoms with E-state index in [0.29, 0.717) is 22.3 Å². The molecule has 1 amide bonds. The number of nitrogens with two attached hydrogens (primary N) is 1. The van der Waals surface area contributed by atoms with Crippen LogP contribution < -0.4 is 11.2 Å². The highest BCUT2D eigenvalue weighted by molar-refractivity contribution is 7.99. The molecule has 156 valence electrons. The van der Waals surface area contributed by atoms with Crippen molar-refractivity contribution in [3.63, 3.8) is 0 Å². The quantitative estimate of drug-likeness (QED) is 0.554. The number of nitrogen functional groups attached to an aromatic ring is 1. The van der Waals surface area contributed by atoms with Crippen molar-refractivity contribution < 1.29 is 4.79 Å². The molecule has 2 aromatic rings. The SMILES string of the molecule is Cc1cc(C)n(-c2nnc(SCC(=O)NCC34CC5CC(CC(C5)C3)C4)n2N)n1. The minimum Gasteiger partial charge on any atom is -0.355 e. The van der Waals surface area contributed by atoms with Crippen molar-refractivity contribution in [3.8, 4) is 5.95 Å². The zero-order valence-corrected chi connectivity index (χ0v) is 17.9. The molecule has 2 heterocycles. The van der Waals surface area contributed by atoms with Crippen LogP contribution in [0.5, 0.6) is 0 Å². The topological polar surface area (TPSA) is 104 Å². The predicted octanol–water partition coefficient (Wildman–Crippen LogP) is 2.22. The molecule has 6 rings (SSSR count). The van der Waals surface area contributed by atoms with Crippen LogP contribution in [0.15, 0.2) is 11.2 Å². The lowest BCUT2D eigenvalue weighted by Crippen LogP contribution is -2.51. The molecular formula is C20H29N7OS. The number of aromatic nitrogens is 5. The number of rotatable bonds is 6. The highest BCUT2D eigenvalue weighted by Gasteiger charge is 2.50. The van der Waals surface area contributed by atoms with Gasteiger partial charge in [0.05, 0.1) is 11.4 Å². The summed E-state index contributed by atoms with van der Waals surface area (Å²) in [6.45, 7) is 4.69. The first kappa shape index (κ1) is 19.0. The minimum absolute atomic E-state index is 0.0430. The van der Waals surface area contributed by atoms with E-state index >= 15 is 0 Å². The summed E-state index contributed by atoms with van der Waals surface area (Å²) in [5.41, 5.74) is 2.18. The molecule has 0 unspecified atom stereocenters. The second-order valence-electron chi connectivity index (χ2n) is 9.47. The van der Waals surface area contributed by atoms with E-state index in [-0.39, 0.29) is 5.91 Å². The van der Waals surface area contributed by atoms with E-state index in [0.717, 1.165) is 35.7 Å². The molecule has 4 aliphatic carbocycles. The summed E-state index contributed by atoms with van der Waals surface area (Å²) in [6.07, 6.45) is 8.17. The zero-order valence-electron chi connectivity index (χ0n) is 17.1. The van der Waals surface area contributed by atoms with Gasteiger partial charge < -0.3 is 11.2 Å². The third kappa shape index (κ3) is 3.53. The third-order valence-electron chi connectivity index (χ3n) is 7.00. The Morgan fingerprint density at radius 1 is 1.21 bits per heavy atom. The van der Waals surface area contributed by atoms with Crippen LogP contribution in [0.3, 0.4) is 0 Å². The molecule has 9 heteroatoms. The summed E-state index contributed by atoms with van der Waals surface area (Å²) in [5.74, 6) is 9.64. The van der Waals surface area contributed by atoms with Crippen molar-refractivity contribution in [2.45, 2.75) is 57.5 Å². The Balaban J connectivity index is 1.17. The molecule has 4 fully saturated rings. The van der Waals surface area contributed by atoms with Crippen molar-refractivity contribution in [2.75, 3.05) is 18.1 Å². The molecule has 3 N–H and O–H groups in total. The first-order chi connectivity index (χ1) is 13.9. The van der Waals surface area contributed by atoms with Crippen LogP contribution >= 0.6 is 11.8 Å². The van der Waals surface area contributed by atoms with Crippen molar-refractivity contribution >= 4 is 17.7 Å². The maximum Gasteiger partial charge on any atom is 0.271 e. The Labute approximate surface area is 175 Å². The van der Waals surface area contributed by atoms with Gasteiger partial charge in [-0.25, -0.2) is 9.36 Å². The summed E-state index contributed by atoms with van der Waals surface area (Å²) in [6, 6.07) is 1.96. The van der Waals surface area contributed by atoms with Crippen molar-refractivity contribution in [2.24, 2.45) is 23.2 Å². The number of hydrogen-bond acceptors (Lipinski definition) is 6. The Bertz CT molecular complexity index is 898. The van der Waals surface area contributed by atoms with Gasteiger partial charge >= 0.3 is 0 Å². The fourth-order valence-corrected chi connectivity index (χ4v) is 7.00. The lowest BCUT2D eigenvalue weighted by molar-refractivity contribution is -0.120. The molecule has 0 atom stereocenters. The van der Waals surface area contributed by atoms with Crippen LogP contribution in [0.1, 0.15) is 49.9 Å². The van der Waals surface area contributed by atoms with Crippen LogP contribution in [0.25, 0.3) is 5.95 Å². The van der Waals surface area contributed by atoms with Crippen molar-refractivity contribution in [3.05, 3.63) is 17.5 Å². The number of carbonyl (C=O) groups excluding carboxylic acids is 1. The number of nitrogens with one attached hydrogen (secondary N) is 1. The van der Waals surface area contributed by atoms with Gasteiger partial charge in [0.2, 0.25) is 11.1 Å². The molecule has 8 nitrogen and oxygen atoms in total. The molecule has 4 aliphatic rings. The largest absolute Gasteiger partial charge is 0.355 e. The smallest absolute Gasteiger partial charge is 0.271 e. The number of amides is 1. The number of aryl methyl sites for hydroxylation is 2. The Morgan fingerprint density at radius 3 is 2.45 bits per heavy atom. The molecular weight excluding hydrogens is 386 g/mol. The van der Waals surface area contributed by atoms with Gasteiger partial charge in [-0.05, 0) is 81.6 Å². The first-order valence-electron chi connectivity index (χ1n) is 10.5. The zero-order chi connectivity index (χ0) is 20.2. The van der Waals surface area contributed by atoms with Crippen molar-refractivity contribution in [1.82, 2.24) is 30.0 Å². The van der Waals surface area contributed by atoms with Crippen LogP contribution in [-0.4, -0.2) is 42.9 Å². The monoisotopic (exact) mass is 415 g/mol. The minimum atomic E-state index is 0.0430. The highest BCUT2D eigenvalue weighted by Crippen LogP contribution is 2.59. The van der Waals surface area contributed by atoms with Gasteiger partial charge in [0, 0.05) is 12.2 Å². The Morgan fingerprint density at radius 2 is 1.86 bits per heavy atom. The molecule has 2 aromatic heterocycles. The van der Waals surface area contributed by atoms with E-state index in [1.54, 1.807) is 4.68 Å². The van der Waals surface area contributed by atoms with E-state index in [4.69, 9.17) is 5.84 Å².